The average molecular weight is 346 g/mol. The molecule has 2 heterocycles. The van der Waals surface area contributed by atoms with Gasteiger partial charge in [0, 0.05) is 19.6 Å². The monoisotopic (exact) mass is 346 g/mol. The minimum atomic E-state index is -0.488. The van der Waals surface area contributed by atoms with Crippen LogP contribution in [0.25, 0.3) is 10.9 Å². The predicted octanol–water partition coefficient (Wildman–Crippen LogP) is 1.34. The summed E-state index contributed by atoms with van der Waals surface area (Å²) in [5, 5.41) is 0.194. The lowest BCUT2D eigenvalue weighted by Crippen LogP contribution is -2.43. The van der Waals surface area contributed by atoms with Crippen LogP contribution in [-0.4, -0.2) is 59.0 Å². The van der Waals surface area contributed by atoms with Crippen LogP contribution in [0.2, 0.25) is 0 Å². The number of nitrogens with zero attached hydrogens (tertiary/aromatic N) is 4. The van der Waals surface area contributed by atoms with Crippen molar-refractivity contribution >= 4 is 16.8 Å². The molecule has 0 atom stereocenters. The fraction of sp³-hybridized carbons (Fsp3) is 0.500. The van der Waals surface area contributed by atoms with Crippen LogP contribution in [0.4, 0.5) is 4.39 Å². The quantitative estimate of drug-likeness (QED) is 0.838. The van der Waals surface area contributed by atoms with E-state index in [0.29, 0.717) is 24.5 Å². The Morgan fingerprint density at radius 1 is 1.32 bits per heavy atom. The van der Waals surface area contributed by atoms with E-state index in [2.05, 4.69) is 24.0 Å². The molecule has 0 N–H and O–H groups in total. The van der Waals surface area contributed by atoms with Crippen LogP contribution in [0.1, 0.15) is 12.8 Å². The van der Waals surface area contributed by atoms with Gasteiger partial charge in [-0.25, -0.2) is 9.37 Å². The number of carbonyl (C=O) groups is 1. The van der Waals surface area contributed by atoms with Crippen molar-refractivity contribution in [1.82, 2.24) is 19.4 Å². The molecule has 0 saturated carbocycles. The van der Waals surface area contributed by atoms with E-state index < -0.39 is 5.82 Å². The molecule has 1 amide bonds. The number of halogens is 1. The minimum Gasteiger partial charge on any atom is -0.341 e. The van der Waals surface area contributed by atoms with E-state index in [4.69, 9.17) is 0 Å². The molecule has 2 aromatic rings. The van der Waals surface area contributed by atoms with Gasteiger partial charge in [0.1, 0.15) is 12.4 Å². The van der Waals surface area contributed by atoms with E-state index in [0.717, 1.165) is 19.4 Å². The Kier molecular flexibility index (Phi) is 5.13. The largest absolute Gasteiger partial charge is 0.341 e. The number of hydrogen-bond donors (Lipinski definition) is 0. The molecule has 1 saturated heterocycles. The molecule has 0 unspecified atom stereocenters. The van der Waals surface area contributed by atoms with Gasteiger partial charge in [-0.1, -0.05) is 0 Å². The Hall–Kier alpha value is -2.28. The van der Waals surface area contributed by atoms with E-state index in [1.165, 1.54) is 29.1 Å². The highest BCUT2D eigenvalue weighted by Crippen LogP contribution is 2.18. The smallest absolute Gasteiger partial charge is 0.261 e. The Balaban J connectivity index is 1.69. The van der Waals surface area contributed by atoms with Gasteiger partial charge in [-0.3, -0.25) is 14.2 Å². The second-order valence-corrected chi connectivity index (χ2v) is 6.93. The summed E-state index contributed by atoms with van der Waals surface area (Å²) in [5.41, 5.74) is 0.0416. The van der Waals surface area contributed by atoms with E-state index in [1.807, 2.05) is 0 Å². The molecule has 1 aliphatic heterocycles. The first-order valence-corrected chi connectivity index (χ1v) is 8.51. The number of likely N-dealkylation sites (tertiary alicyclic amines) is 1. The van der Waals surface area contributed by atoms with Gasteiger partial charge in [0.05, 0.1) is 17.2 Å². The summed E-state index contributed by atoms with van der Waals surface area (Å²) in [4.78, 5) is 33.1. The molecule has 0 aliphatic carbocycles. The molecular weight excluding hydrogens is 323 g/mol. The first-order valence-electron chi connectivity index (χ1n) is 8.51. The van der Waals surface area contributed by atoms with Crippen LogP contribution in [0.3, 0.4) is 0 Å². The normalized spacial score (nSPS) is 15.9. The number of aromatic nitrogens is 2. The van der Waals surface area contributed by atoms with Crippen LogP contribution < -0.4 is 5.56 Å². The lowest BCUT2D eigenvalue weighted by Gasteiger charge is -2.33. The number of fused-ring (bicyclic) bond motifs is 1. The van der Waals surface area contributed by atoms with Crippen molar-refractivity contribution in [3.05, 3.63) is 40.7 Å². The highest BCUT2D eigenvalue weighted by atomic mass is 19.1. The number of carbonyl (C=O) groups excluding carboxylic acids is 1. The maximum absolute atomic E-state index is 13.4. The maximum atomic E-state index is 13.4. The summed E-state index contributed by atoms with van der Waals surface area (Å²) < 4.78 is 14.6. The molecule has 3 rings (SSSR count). The lowest BCUT2D eigenvalue weighted by atomic mass is 9.96. The van der Waals surface area contributed by atoms with Gasteiger partial charge in [-0.2, -0.15) is 0 Å². The van der Waals surface area contributed by atoms with Crippen molar-refractivity contribution in [2.75, 3.05) is 33.7 Å². The molecule has 0 bridgehead atoms. The Bertz CT molecular complexity index is 825. The molecule has 25 heavy (non-hydrogen) atoms. The Morgan fingerprint density at radius 3 is 2.72 bits per heavy atom. The third kappa shape index (κ3) is 4.04. The zero-order valence-electron chi connectivity index (χ0n) is 14.6. The summed E-state index contributed by atoms with van der Waals surface area (Å²) >= 11 is 0. The lowest BCUT2D eigenvalue weighted by molar-refractivity contribution is -0.133. The fourth-order valence-corrected chi connectivity index (χ4v) is 3.37. The van der Waals surface area contributed by atoms with Gasteiger partial charge in [0.25, 0.3) is 5.56 Å². The van der Waals surface area contributed by atoms with Crippen LogP contribution in [-0.2, 0) is 11.3 Å². The van der Waals surface area contributed by atoms with Gasteiger partial charge >= 0.3 is 0 Å². The summed E-state index contributed by atoms with van der Waals surface area (Å²) in [7, 11) is 4.11. The second-order valence-electron chi connectivity index (χ2n) is 6.93. The standard InChI is InChI=1S/C18H23FN4O2/c1-21(2)10-13-5-7-22(8-6-13)17(24)11-23-12-20-16-4-3-14(19)9-15(16)18(23)25/h3-4,9,12-13H,5-8,10-11H2,1-2H3. The van der Waals surface area contributed by atoms with Gasteiger partial charge < -0.3 is 9.80 Å². The number of rotatable bonds is 4. The number of amides is 1. The van der Waals surface area contributed by atoms with Crippen molar-refractivity contribution in [2.24, 2.45) is 5.92 Å². The molecule has 6 nitrogen and oxygen atoms in total. The van der Waals surface area contributed by atoms with Crippen molar-refractivity contribution in [3.8, 4) is 0 Å². The second kappa shape index (κ2) is 7.31. The average Bonchev–Trinajstić information content (AvgIpc) is 2.58. The van der Waals surface area contributed by atoms with Crippen molar-refractivity contribution in [3.63, 3.8) is 0 Å². The molecule has 1 aromatic heterocycles. The third-order valence-electron chi connectivity index (χ3n) is 4.68. The zero-order valence-corrected chi connectivity index (χ0v) is 14.6. The van der Waals surface area contributed by atoms with Crippen LogP contribution >= 0.6 is 0 Å². The minimum absolute atomic E-state index is 0.0589. The number of benzene rings is 1. The first-order chi connectivity index (χ1) is 11.9. The van der Waals surface area contributed by atoms with Crippen LogP contribution in [0.15, 0.2) is 29.3 Å². The van der Waals surface area contributed by atoms with Gasteiger partial charge in [-0.05, 0) is 51.1 Å². The molecular formula is C18H23FN4O2. The Labute approximate surface area is 145 Å². The van der Waals surface area contributed by atoms with E-state index in [1.54, 1.807) is 4.90 Å². The third-order valence-corrected chi connectivity index (χ3v) is 4.68. The summed E-state index contributed by atoms with van der Waals surface area (Å²) in [5.74, 6) is 0.0217. The molecule has 134 valence electrons. The summed E-state index contributed by atoms with van der Waals surface area (Å²) in [6, 6.07) is 3.90. The number of hydrogen-bond acceptors (Lipinski definition) is 4. The molecule has 1 fully saturated rings. The van der Waals surface area contributed by atoms with Crippen molar-refractivity contribution < 1.29 is 9.18 Å². The SMILES string of the molecule is CN(C)CC1CCN(C(=O)Cn2cnc3ccc(F)cc3c2=O)CC1. The topological polar surface area (TPSA) is 58.4 Å². The first kappa shape index (κ1) is 17.5. The highest BCUT2D eigenvalue weighted by molar-refractivity contribution is 5.79. The van der Waals surface area contributed by atoms with Crippen LogP contribution in [0.5, 0.6) is 0 Å². The zero-order chi connectivity index (χ0) is 18.0. The van der Waals surface area contributed by atoms with E-state index in [-0.39, 0.29) is 23.4 Å². The fourth-order valence-electron chi connectivity index (χ4n) is 3.37. The predicted molar refractivity (Wildman–Crippen MR) is 93.8 cm³/mol. The number of piperidine rings is 1. The molecule has 7 heteroatoms. The molecule has 1 aromatic carbocycles. The Morgan fingerprint density at radius 2 is 2.04 bits per heavy atom. The van der Waals surface area contributed by atoms with Gasteiger partial charge in [-0.15, -0.1) is 0 Å². The van der Waals surface area contributed by atoms with E-state index in [9.17, 15) is 14.0 Å². The molecule has 0 spiro atoms. The van der Waals surface area contributed by atoms with Crippen LogP contribution in [0, 0.1) is 11.7 Å². The molecule has 1 aliphatic rings. The molecule has 0 radical (unpaired) electrons. The van der Waals surface area contributed by atoms with Gasteiger partial charge in [0.2, 0.25) is 5.91 Å². The van der Waals surface area contributed by atoms with Crippen molar-refractivity contribution in [1.29, 1.82) is 0 Å². The van der Waals surface area contributed by atoms with Crippen molar-refractivity contribution in [2.45, 2.75) is 19.4 Å². The summed E-state index contributed by atoms with van der Waals surface area (Å²) in [6.07, 6.45) is 3.30. The van der Waals surface area contributed by atoms with E-state index >= 15 is 0 Å². The summed E-state index contributed by atoms with van der Waals surface area (Å²) in [6.45, 7) is 2.39. The van der Waals surface area contributed by atoms with Gasteiger partial charge in [0.15, 0.2) is 0 Å². The highest BCUT2D eigenvalue weighted by Gasteiger charge is 2.23. The maximum Gasteiger partial charge on any atom is 0.261 e.